The van der Waals surface area contributed by atoms with Gasteiger partial charge in [-0.25, -0.2) is 13.0 Å². The summed E-state index contributed by atoms with van der Waals surface area (Å²) in [7, 11) is 1.14. The first-order chi connectivity index (χ1) is 6.32. The smallest absolute Gasteiger partial charge is 0.229 e. The van der Waals surface area contributed by atoms with E-state index in [-0.39, 0.29) is 14.7 Å². The molecule has 0 aromatic rings. The zero-order chi connectivity index (χ0) is 10.6. The largest absolute Gasteiger partial charge is 0.271 e. The van der Waals surface area contributed by atoms with Gasteiger partial charge in [0.05, 0.1) is 16.8 Å². The molecule has 0 aliphatic carbocycles. The van der Waals surface area contributed by atoms with Gasteiger partial charge >= 0.3 is 0 Å². The highest BCUT2D eigenvalue weighted by Gasteiger charge is 2.57. The van der Waals surface area contributed by atoms with Crippen molar-refractivity contribution in [3.8, 4) is 0 Å². The van der Waals surface area contributed by atoms with Crippen LogP contribution in [0.2, 0.25) is 0 Å². The van der Waals surface area contributed by atoms with E-state index in [1.54, 1.807) is 23.5 Å². The molecule has 0 amide bonds. The molecule has 2 aliphatic rings. The van der Waals surface area contributed by atoms with Crippen LogP contribution in [-0.2, 0) is 9.84 Å². The second-order valence-electron chi connectivity index (χ2n) is 3.71. The van der Waals surface area contributed by atoms with Gasteiger partial charge in [-0.05, 0) is 23.5 Å². The van der Waals surface area contributed by atoms with Crippen LogP contribution in [0.25, 0.3) is 0 Å². The molecular weight excluding hydrogens is 306 g/mol. The third-order valence-corrected chi connectivity index (χ3v) is 9.71. The maximum atomic E-state index is 11.4. The Morgan fingerprint density at radius 2 is 2.21 bits per heavy atom. The molecule has 7 heteroatoms. The summed E-state index contributed by atoms with van der Waals surface area (Å²) in [4.78, 5) is 0. The summed E-state index contributed by atoms with van der Waals surface area (Å²) in [6, 6.07) is 0. The number of thioether (sulfide) groups is 2. The van der Waals surface area contributed by atoms with E-state index in [9.17, 15) is 8.42 Å². The summed E-state index contributed by atoms with van der Waals surface area (Å²) in [5, 5.41) is 0.162. The second kappa shape index (κ2) is 3.40. The van der Waals surface area contributed by atoms with Gasteiger partial charge in [0.1, 0.15) is 17.8 Å². The van der Waals surface area contributed by atoms with Crippen molar-refractivity contribution in [2.24, 2.45) is 0 Å². The summed E-state index contributed by atoms with van der Waals surface area (Å²) >= 11 is 6.88. The average Bonchev–Trinajstić information content (AvgIpc) is 2.34. The van der Waals surface area contributed by atoms with Crippen molar-refractivity contribution in [3.05, 3.63) is 0 Å². The second-order valence-corrected chi connectivity index (χ2v) is 10.5. The van der Waals surface area contributed by atoms with E-state index < -0.39 is 9.84 Å². The van der Waals surface area contributed by atoms with Gasteiger partial charge in [0.2, 0.25) is 0 Å². The van der Waals surface area contributed by atoms with Gasteiger partial charge in [-0.1, -0.05) is 15.9 Å². The maximum Gasteiger partial charge on any atom is 0.271 e. The average molecular weight is 317 g/mol. The van der Waals surface area contributed by atoms with Crippen LogP contribution in [0.4, 0.5) is 0 Å². The van der Waals surface area contributed by atoms with Crippen molar-refractivity contribution in [2.75, 3.05) is 25.6 Å². The number of fused-ring (bicyclic) bond motifs is 1. The minimum absolute atomic E-state index is 0.162. The Balaban J connectivity index is 2.31. The van der Waals surface area contributed by atoms with Crippen LogP contribution in [0.5, 0.6) is 0 Å². The Labute approximate surface area is 101 Å². The molecule has 2 saturated heterocycles. The Bertz CT molecular complexity index is 401. The molecule has 2 heterocycles. The lowest BCUT2D eigenvalue weighted by Gasteiger charge is -2.13. The van der Waals surface area contributed by atoms with Gasteiger partial charge in [-0.3, -0.25) is 0 Å². The van der Waals surface area contributed by atoms with E-state index in [1.807, 2.05) is 18.7 Å². The lowest BCUT2D eigenvalue weighted by molar-refractivity contribution is -0.458. The fourth-order valence-corrected chi connectivity index (χ4v) is 10.2. The van der Waals surface area contributed by atoms with Crippen molar-refractivity contribution in [1.29, 1.82) is 0 Å². The van der Waals surface area contributed by atoms with Crippen LogP contribution in [0, 0.1) is 0 Å². The van der Waals surface area contributed by atoms with Crippen molar-refractivity contribution in [2.45, 2.75) is 8.91 Å². The molecule has 2 aliphatic heterocycles. The van der Waals surface area contributed by atoms with E-state index >= 15 is 0 Å². The Hall–Kier alpha value is 0.800. The van der Waals surface area contributed by atoms with Gasteiger partial charge in [0, 0.05) is 0 Å². The van der Waals surface area contributed by atoms with Crippen LogP contribution < -0.4 is 0 Å². The van der Waals surface area contributed by atoms with Crippen LogP contribution in [0.15, 0.2) is 0 Å². The molecule has 2 fully saturated rings. The monoisotopic (exact) mass is 316 g/mol. The number of sulfone groups is 1. The molecule has 0 radical (unpaired) electrons. The molecule has 2 unspecified atom stereocenters. The van der Waals surface area contributed by atoms with Gasteiger partial charge in [0.25, 0.3) is 4.38 Å². The molecular formula is C7H11BrNO2S3+. The normalized spacial score (nSPS) is 39.9. The topological polar surface area (TPSA) is 37.1 Å². The van der Waals surface area contributed by atoms with E-state index in [2.05, 4.69) is 15.9 Å². The zero-order valence-corrected chi connectivity index (χ0v) is 11.9. The molecule has 80 valence electrons. The quantitative estimate of drug-likeness (QED) is 0.493. The lowest BCUT2D eigenvalue weighted by atomic mass is 10.4. The first kappa shape index (κ1) is 11.3. The molecule has 0 bridgehead atoms. The van der Waals surface area contributed by atoms with E-state index in [4.69, 9.17) is 0 Å². The van der Waals surface area contributed by atoms with Gasteiger partial charge in [-0.15, -0.1) is 0 Å². The minimum atomic E-state index is -2.83. The van der Waals surface area contributed by atoms with Crippen molar-refractivity contribution >= 4 is 53.7 Å². The van der Waals surface area contributed by atoms with Crippen LogP contribution in [0.3, 0.4) is 0 Å². The Morgan fingerprint density at radius 3 is 2.71 bits per heavy atom. The lowest BCUT2D eigenvalue weighted by Crippen LogP contribution is -2.23. The highest BCUT2D eigenvalue weighted by atomic mass is 79.9. The molecule has 0 N–H and O–H groups in total. The first-order valence-electron chi connectivity index (χ1n) is 4.12. The van der Waals surface area contributed by atoms with Gasteiger partial charge in [-0.2, -0.15) is 0 Å². The van der Waals surface area contributed by atoms with E-state index in [1.165, 1.54) is 4.38 Å². The zero-order valence-electron chi connectivity index (χ0n) is 7.86. The third kappa shape index (κ3) is 1.88. The summed E-state index contributed by atoms with van der Waals surface area (Å²) in [5.74, 6) is 0.549. The standard InChI is InChI=1S/C7H11BrNO2S3/c1-9(2)6-12-5-3-14(10,11)4-7(5,8)13-6/h5H,3-4H2,1-2H3/q+1. The molecule has 0 spiro atoms. The number of rotatable bonds is 0. The van der Waals surface area contributed by atoms with Crippen molar-refractivity contribution in [3.63, 3.8) is 0 Å². The summed E-state index contributed by atoms with van der Waals surface area (Å²) in [6.45, 7) is 0. The van der Waals surface area contributed by atoms with Gasteiger partial charge in [0.15, 0.2) is 9.84 Å². The van der Waals surface area contributed by atoms with Crippen molar-refractivity contribution < 1.29 is 13.0 Å². The van der Waals surface area contributed by atoms with E-state index in [0.29, 0.717) is 5.75 Å². The van der Waals surface area contributed by atoms with Crippen LogP contribution in [0.1, 0.15) is 0 Å². The number of nitrogens with zero attached hydrogens (tertiary/aromatic N) is 1. The molecule has 0 aromatic heterocycles. The van der Waals surface area contributed by atoms with Crippen LogP contribution in [-0.4, -0.2) is 51.9 Å². The van der Waals surface area contributed by atoms with Crippen molar-refractivity contribution in [1.82, 2.24) is 0 Å². The fraction of sp³-hybridized carbons (Fsp3) is 0.857. The predicted molar refractivity (Wildman–Crippen MR) is 66.4 cm³/mol. The summed E-state index contributed by atoms with van der Waals surface area (Å²) in [5.41, 5.74) is 0. The van der Waals surface area contributed by atoms with E-state index in [0.717, 1.165) is 0 Å². The Morgan fingerprint density at radius 1 is 1.57 bits per heavy atom. The number of alkyl halides is 1. The fourth-order valence-electron chi connectivity index (χ4n) is 1.51. The molecule has 3 nitrogen and oxygen atoms in total. The van der Waals surface area contributed by atoms with Gasteiger partial charge < -0.3 is 0 Å². The minimum Gasteiger partial charge on any atom is -0.229 e. The first-order valence-corrected chi connectivity index (χ1v) is 8.43. The number of halogens is 1. The summed E-state index contributed by atoms with van der Waals surface area (Å²) < 4.78 is 25.9. The Kier molecular flexibility index (Phi) is 2.74. The number of hydrogen-bond donors (Lipinski definition) is 0. The molecule has 0 saturated carbocycles. The molecule has 2 atom stereocenters. The highest BCUT2D eigenvalue weighted by molar-refractivity contribution is 9.12. The van der Waals surface area contributed by atoms with Crippen LogP contribution >= 0.6 is 39.5 Å². The predicted octanol–water partition coefficient (Wildman–Crippen LogP) is 0.983. The summed E-state index contributed by atoms with van der Waals surface area (Å²) in [6.07, 6.45) is 0. The maximum absolute atomic E-state index is 11.4. The molecule has 0 aromatic carbocycles. The molecule has 2 rings (SSSR count). The number of hydrogen-bond acceptors (Lipinski definition) is 4. The highest BCUT2D eigenvalue weighted by Crippen LogP contribution is 2.56. The third-order valence-electron chi connectivity index (χ3n) is 2.17. The molecule has 14 heavy (non-hydrogen) atoms. The SMILES string of the molecule is C[N+](C)=C1SC2CS(=O)(=O)CC2(Br)S1.